The molecule has 87 heavy (non-hydrogen) atoms. The molecule has 6 bridgehead atoms. The number of hydrogen-bond donors (Lipinski definition) is 0. The van der Waals surface area contributed by atoms with Crippen LogP contribution in [0.1, 0.15) is 352 Å². The van der Waals surface area contributed by atoms with Gasteiger partial charge in [-0.25, -0.2) is 0 Å². The minimum atomic E-state index is -0.370. The van der Waals surface area contributed by atoms with Gasteiger partial charge in [-0.1, -0.05) is 93.9 Å². The van der Waals surface area contributed by atoms with E-state index >= 15 is 0 Å². The van der Waals surface area contributed by atoms with E-state index in [0.717, 1.165) is 101 Å². The third kappa shape index (κ3) is 17.3. The second kappa shape index (κ2) is 28.7. The molecule has 0 radical (unpaired) electrons. The summed E-state index contributed by atoms with van der Waals surface area (Å²) in [6.45, 7) is 47.8. The van der Waals surface area contributed by atoms with Gasteiger partial charge in [0.25, 0.3) is 0 Å². The zero-order chi connectivity index (χ0) is 65.7. The van der Waals surface area contributed by atoms with Gasteiger partial charge in [0.2, 0.25) is 0 Å². The highest BCUT2D eigenvalue weighted by Crippen LogP contribution is 2.71. The summed E-state index contributed by atoms with van der Waals surface area (Å²) < 4.78 is 29.6. The van der Waals surface area contributed by atoms with Crippen LogP contribution in [0.15, 0.2) is 0 Å². The number of fused-ring (bicyclic) bond motifs is 9. The molecule has 0 aliphatic heterocycles. The summed E-state index contributed by atoms with van der Waals surface area (Å²) in [7, 11) is 0. The van der Waals surface area contributed by atoms with E-state index in [1.54, 1.807) is 0 Å². The van der Waals surface area contributed by atoms with Crippen LogP contribution in [-0.2, 0) is 47.7 Å². The highest BCUT2D eigenvalue weighted by molar-refractivity contribution is 5.78. The molecule has 9 rings (SSSR count). The van der Waals surface area contributed by atoms with Crippen LogP contribution in [-0.4, -0.2) is 57.9 Å². The lowest BCUT2D eigenvalue weighted by molar-refractivity contribution is -0.185. The molecule has 0 saturated heterocycles. The van der Waals surface area contributed by atoms with Crippen molar-refractivity contribution in [3.8, 4) is 0 Å². The Morgan fingerprint density at radius 1 is 0.368 bits per heavy atom. The molecule has 11 unspecified atom stereocenters. The van der Waals surface area contributed by atoms with Crippen molar-refractivity contribution in [3.63, 3.8) is 0 Å². The highest BCUT2D eigenvalue weighted by atomic mass is 16.6. The van der Waals surface area contributed by atoms with Crippen LogP contribution in [0.5, 0.6) is 0 Å². The third-order valence-electron chi connectivity index (χ3n) is 26.5. The van der Waals surface area contributed by atoms with Crippen molar-refractivity contribution < 1.29 is 47.7 Å². The number of rotatable bonds is 15. The zero-order valence-electron chi connectivity index (χ0n) is 60.8. The lowest BCUT2D eigenvalue weighted by Crippen LogP contribution is -2.49. The molecule has 0 N–H and O–H groups in total. The van der Waals surface area contributed by atoms with E-state index in [0.29, 0.717) is 17.8 Å². The molecule has 0 aromatic rings. The number of hydrogen-bond acceptors (Lipinski definition) is 10. The van der Waals surface area contributed by atoms with Crippen LogP contribution in [0.2, 0.25) is 0 Å². The van der Waals surface area contributed by atoms with Crippen molar-refractivity contribution in [2.75, 3.05) is 0 Å². The van der Waals surface area contributed by atoms with Crippen LogP contribution >= 0.6 is 0 Å². The summed E-state index contributed by atoms with van der Waals surface area (Å²) >= 11 is 0. The highest BCUT2D eigenvalue weighted by Gasteiger charge is 2.69. The van der Waals surface area contributed by atoms with Crippen LogP contribution in [0.25, 0.3) is 0 Å². The van der Waals surface area contributed by atoms with E-state index in [1.807, 2.05) is 90.0 Å². The number of carbonyl (C=O) groups excluding carboxylic acids is 5. The first-order chi connectivity index (χ1) is 40.0. The Bertz CT molecular complexity index is 2290. The van der Waals surface area contributed by atoms with Crippen molar-refractivity contribution in [1.82, 2.24) is 0 Å². The Labute approximate surface area is 534 Å². The summed E-state index contributed by atoms with van der Waals surface area (Å²) in [4.78, 5) is 61.2. The normalized spacial score (nSPS) is 33.6. The number of carbonyl (C=O) groups is 5. The average Bonchev–Trinajstić information content (AvgIpc) is 1.55. The Hall–Kier alpha value is -2.65. The molecule has 0 heterocycles. The van der Waals surface area contributed by atoms with Crippen LogP contribution in [0, 0.1) is 79.3 Å². The molecule has 9 saturated carbocycles. The SMILES string of the molecule is CCC(C)(C)C(=O)OC1(C)CC2CC1C1CCCC21.CCC(C)(C)C(=O)OC1(C)CC2CCC1(C)C2(C)C.CCC(C)(C)C(=O)OC1(C)CC2CCC1C2.CCC(C)(C)C(=O)OC1(C)CCCCCC1.CCC(C)(C)C(=O)OC1(C)CCCCCCC1. The zero-order valence-corrected chi connectivity index (χ0v) is 60.8. The fourth-order valence-corrected chi connectivity index (χ4v) is 16.8. The second-order valence-electron chi connectivity index (χ2n) is 35.2. The largest absolute Gasteiger partial charge is 0.459 e. The second-order valence-corrected chi connectivity index (χ2v) is 35.2. The molecule has 0 aromatic carbocycles. The molecule has 0 aromatic heterocycles. The van der Waals surface area contributed by atoms with Crippen molar-refractivity contribution in [2.24, 2.45) is 79.3 Å². The Morgan fingerprint density at radius 3 is 1.10 bits per heavy atom. The van der Waals surface area contributed by atoms with E-state index in [1.165, 1.54) is 116 Å². The standard InChI is InChI=1S/C17H28O2.C17H30O2.C15H28O2.C14H24O2.C14H26O2/c1-5-16(2,3)15(18)19-17(4)10-11-9-14(17)13-8-6-7-12(11)13;1-8-14(2,3)13(18)19-17(7)11-12-9-10-16(17,6)15(12,4)5;1-5-14(2,3)13(16)17-15(4)11-9-7-6-8-10-12-15;1-5-13(2,3)12(15)16-14(4)9-10-6-7-11(14)8-10;1-5-13(2,3)12(15)16-14(4)10-8-6-7-9-11-14/h11-14H,5-10H2,1-4H3;12H,8-11H2,1-7H3;5-12H2,1-4H3;10-11H,5-9H2,1-4H3;5-11H2,1-4H3. The smallest absolute Gasteiger partial charge is 0.312 e. The van der Waals surface area contributed by atoms with Gasteiger partial charge >= 0.3 is 29.8 Å². The first-order valence-corrected chi connectivity index (χ1v) is 36.2. The maximum atomic E-state index is 12.5. The lowest BCUT2D eigenvalue weighted by Gasteiger charge is -2.46. The molecular formula is C77H136O10. The Kier molecular flexibility index (Phi) is 24.8. The van der Waals surface area contributed by atoms with Crippen molar-refractivity contribution in [2.45, 2.75) is 380 Å². The van der Waals surface area contributed by atoms with Gasteiger partial charge in [-0.05, 0) is 299 Å². The molecule has 9 aliphatic carbocycles. The summed E-state index contributed by atoms with van der Waals surface area (Å²) in [5.41, 5.74) is -2.36. The van der Waals surface area contributed by atoms with E-state index in [2.05, 4.69) is 69.2 Å². The minimum Gasteiger partial charge on any atom is -0.459 e. The van der Waals surface area contributed by atoms with Gasteiger partial charge in [0, 0.05) is 11.3 Å². The van der Waals surface area contributed by atoms with Gasteiger partial charge in [-0.2, -0.15) is 0 Å². The topological polar surface area (TPSA) is 132 Å². The molecule has 9 aliphatic rings. The van der Waals surface area contributed by atoms with Gasteiger partial charge in [-0.3, -0.25) is 24.0 Å². The monoisotopic (exact) mass is 1220 g/mol. The van der Waals surface area contributed by atoms with Crippen LogP contribution in [0.4, 0.5) is 0 Å². The first kappa shape index (κ1) is 75.1. The molecule has 0 amide bonds. The molecule has 504 valence electrons. The van der Waals surface area contributed by atoms with Gasteiger partial charge in [0.1, 0.15) is 28.0 Å². The van der Waals surface area contributed by atoms with E-state index in [9.17, 15) is 24.0 Å². The molecule has 11 atom stereocenters. The molecule has 9 fully saturated rings. The van der Waals surface area contributed by atoms with Crippen molar-refractivity contribution >= 4 is 29.8 Å². The molecular weight excluding hydrogens is 1080 g/mol. The molecule has 10 nitrogen and oxygen atoms in total. The molecule has 10 heteroatoms. The van der Waals surface area contributed by atoms with Gasteiger partial charge in [0.15, 0.2) is 0 Å². The van der Waals surface area contributed by atoms with E-state index in [-0.39, 0.29) is 95.8 Å². The quantitative estimate of drug-likeness (QED) is 0.0887. The van der Waals surface area contributed by atoms with Gasteiger partial charge in [-0.15, -0.1) is 0 Å². The predicted molar refractivity (Wildman–Crippen MR) is 355 cm³/mol. The maximum Gasteiger partial charge on any atom is 0.312 e. The first-order valence-electron chi connectivity index (χ1n) is 36.2. The average molecular weight is 1220 g/mol. The summed E-state index contributed by atoms with van der Waals surface area (Å²) in [6.07, 6.45) is 34.6. The number of ether oxygens (including phenoxy) is 5. The Morgan fingerprint density at radius 2 is 0.747 bits per heavy atom. The third-order valence-corrected chi connectivity index (χ3v) is 26.5. The minimum absolute atomic E-state index is 0.00921. The van der Waals surface area contributed by atoms with Crippen molar-refractivity contribution in [3.05, 3.63) is 0 Å². The summed E-state index contributed by atoms with van der Waals surface area (Å²) in [5, 5.41) is 0. The van der Waals surface area contributed by atoms with E-state index < -0.39 is 0 Å². The Balaban J connectivity index is 0.000000199. The number of esters is 5. The van der Waals surface area contributed by atoms with Crippen molar-refractivity contribution in [1.29, 1.82) is 0 Å². The van der Waals surface area contributed by atoms with Crippen LogP contribution < -0.4 is 0 Å². The molecule has 0 spiro atoms. The van der Waals surface area contributed by atoms with Crippen LogP contribution in [0.3, 0.4) is 0 Å². The predicted octanol–water partition coefficient (Wildman–Crippen LogP) is 20.8. The summed E-state index contributed by atoms with van der Waals surface area (Å²) in [6, 6.07) is 0. The fraction of sp³-hybridized carbons (Fsp3) is 0.935. The summed E-state index contributed by atoms with van der Waals surface area (Å²) in [5.74, 6) is 5.33. The maximum absolute atomic E-state index is 12.5. The lowest BCUT2D eigenvalue weighted by atomic mass is 9.65. The van der Waals surface area contributed by atoms with Gasteiger partial charge < -0.3 is 23.7 Å². The van der Waals surface area contributed by atoms with Gasteiger partial charge in [0.05, 0.1) is 27.1 Å². The fourth-order valence-electron chi connectivity index (χ4n) is 16.8. The van der Waals surface area contributed by atoms with E-state index in [4.69, 9.17) is 23.7 Å².